The molecule has 0 aromatic carbocycles. The topological polar surface area (TPSA) is 65.7 Å². The van der Waals surface area contributed by atoms with Gasteiger partial charge in [-0.05, 0) is 90.8 Å². The van der Waals surface area contributed by atoms with E-state index in [9.17, 15) is 0 Å². The van der Waals surface area contributed by atoms with Crippen LogP contribution in [0.5, 0.6) is 0 Å². The molecule has 0 bridgehead atoms. The van der Waals surface area contributed by atoms with Gasteiger partial charge < -0.3 is 24.0 Å². The summed E-state index contributed by atoms with van der Waals surface area (Å²) in [6, 6.07) is 1.02. The van der Waals surface area contributed by atoms with Gasteiger partial charge in [0.25, 0.3) is 0 Å². The van der Waals surface area contributed by atoms with Gasteiger partial charge in [0.2, 0.25) is 0 Å². The standard InChI is InChI=1S/C16H42N2O3Si3/c1-22(2,3)20-24(7,21-23(4,5)6)16-10-15-19-14-9-13-18-12-8-11-17/h18H,8-17H2,1-7H3. The van der Waals surface area contributed by atoms with Crippen molar-refractivity contribution in [3.05, 3.63) is 0 Å². The molecule has 3 N–H and O–H groups in total. The van der Waals surface area contributed by atoms with Crippen LogP contribution >= 0.6 is 0 Å². The Bertz CT molecular complexity index is 305. The third-order valence-electron chi connectivity index (χ3n) is 3.16. The number of nitrogens with two attached hydrogens (primary N) is 1. The van der Waals surface area contributed by atoms with Crippen LogP contribution in [0.25, 0.3) is 0 Å². The highest BCUT2D eigenvalue weighted by Crippen LogP contribution is 2.25. The maximum absolute atomic E-state index is 6.50. The van der Waals surface area contributed by atoms with Crippen LogP contribution in [0.1, 0.15) is 19.3 Å². The Labute approximate surface area is 153 Å². The highest BCUT2D eigenvalue weighted by Gasteiger charge is 2.39. The van der Waals surface area contributed by atoms with Crippen molar-refractivity contribution < 1.29 is 13.0 Å². The lowest BCUT2D eigenvalue weighted by atomic mass is 10.4. The maximum atomic E-state index is 6.50. The van der Waals surface area contributed by atoms with Crippen molar-refractivity contribution in [2.45, 2.75) is 71.1 Å². The monoisotopic (exact) mass is 394 g/mol. The van der Waals surface area contributed by atoms with Gasteiger partial charge in [0.15, 0.2) is 16.6 Å². The minimum atomic E-state index is -2.09. The first kappa shape index (κ1) is 24.5. The van der Waals surface area contributed by atoms with E-state index in [0.29, 0.717) is 0 Å². The van der Waals surface area contributed by atoms with E-state index in [4.69, 9.17) is 18.7 Å². The van der Waals surface area contributed by atoms with Crippen LogP contribution in [-0.2, 0) is 13.0 Å². The highest BCUT2D eigenvalue weighted by atomic mass is 28.5. The molecule has 146 valence electrons. The average Bonchev–Trinajstić information content (AvgIpc) is 2.36. The Balaban J connectivity index is 3.99. The highest BCUT2D eigenvalue weighted by molar-refractivity contribution is 6.87. The second kappa shape index (κ2) is 11.9. The summed E-state index contributed by atoms with van der Waals surface area (Å²) >= 11 is 0. The molecule has 24 heavy (non-hydrogen) atoms. The van der Waals surface area contributed by atoms with Crippen LogP contribution in [0, 0.1) is 0 Å². The molecule has 0 aliphatic heterocycles. The van der Waals surface area contributed by atoms with Crippen molar-refractivity contribution in [2.75, 3.05) is 32.8 Å². The first-order chi connectivity index (χ1) is 11.0. The quantitative estimate of drug-likeness (QED) is 0.329. The Kier molecular flexibility index (Phi) is 12.2. The Morgan fingerprint density at radius 1 is 0.750 bits per heavy atom. The van der Waals surface area contributed by atoms with Gasteiger partial charge in [-0.2, -0.15) is 0 Å². The van der Waals surface area contributed by atoms with E-state index in [1.54, 1.807) is 0 Å². The fraction of sp³-hybridized carbons (Fsp3) is 1.00. The minimum absolute atomic E-state index is 0.755. The molecule has 0 aliphatic carbocycles. The second-order valence-electron chi connectivity index (χ2n) is 8.52. The second-order valence-corrected chi connectivity index (χ2v) is 21.4. The van der Waals surface area contributed by atoms with Crippen molar-refractivity contribution in [1.29, 1.82) is 0 Å². The summed E-state index contributed by atoms with van der Waals surface area (Å²) in [4.78, 5) is 0. The van der Waals surface area contributed by atoms with Gasteiger partial charge in [-0.15, -0.1) is 0 Å². The normalized spacial score (nSPS) is 13.5. The van der Waals surface area contributed by atoms with E-state index in [1.165, 1.54) is 0 Å². The maximum Gasteiger partial charge on any atom is 0.314 e. The van der Waals surface area contributed by atoms with E-state index in [1.807, 2.05) is 0 Å². The van der Waals surface area contributed by atoms with E-state index in [0.717, 1.165) is 58.2 Å². The molecular formula is C16H42N2O3Si3. The Morgan fingerprint density at radius 3 is 1.75 bits per heavy atom. The molecule has 0 saturated carbocycles. The van der Waals surface area contributed by atoms with Crippen molar-refractivity contribution in [1.82, 2.24) is 5.32 Å². The molecule has 0 heterocycles. The lowest BCUT2D eigenvalue weighted by molar-refractivity contribution is 0.130. The largest absolute Gasteiger partial charge is 0.437 e. The molecule has 0 aliphatic rings. The SMILES string of the molecule is C[Si](C)(C)O[Si](C)(CCCOCCCNCCCN)O[Si](C)(C)C. The van der Waals surface area contributed by atoms with Gasteiger partial charge in [0, 0.05) is 13.2 Å². The summed E-state index contributed by atoms with van der Waals surface area (Å²) in [5.74, 6) is 0. The van der Waals surface area contributed by atoms with E-state index in [-0.39, 0.29) is 0 Å². The van der Waals surface area contributed by atoms with Crippen LogP contribution < -0.4 is 11.1 Å². The zero-order valence-electron chi connectivity index (χ0n) is 17.2. The van der Waals surface area contributed by atoms with Gasteiger partial charge >= 0.3 is 8.56 Å². The molecular weight excluding hydrogens is 352 g/mol. The van der Waals surface area contributed by atoms with Crippen molar-refractivity contribution in [3.8, 4) is 0 Å². The summed E-state index contributed by atoms with van der Waals surface area (Å²) in [6.45, 7) is 20.1. The van der Waals surface area contributed by atoms with Gasteiger partial charge in [-0.1, -0.05) is 0 Å². The molecule has 0 aromatic heterocycles. The zero-order chi connectivity index (χ0) is 18.7. The first-order valence-electron chi connectivity index (χ1n) is 9.36. The van der Waals surface area contributed by atoms with Gasteiger partial charge in [-0.25, -0.2) is 0 Å². The average molecular weight is 395 g/mol. The first-order valence-corrected chi connectivity index (χ1v) is 18.7. The predicted octanol–water partition coefficient (Wildman–Crippen LogP) is 3.50. The van der Waals surface area contributed by atoms with Gasteiger partial charge in [0.05, 0.1) is 0 Å². The van der Waals surface area contributed by atoms with Crippen LogP contribution in [0.15, 0.2) is 0 Å². The number of hydrogen-bond acceptors (Lipinski definition) is 5. The smallest absolute Gasteiger partial charge is 0.314 e. The van der Waals surface area contributed by atoms with E-state index < -0.39 is 25.2 Å². The molecule has 0 atom stereocenters. The third kappa shape index (κ3) is 15.9. The van der Waals surface area contributed by atoms with Crippen LogP contribution in [0.4, 0.5) is 0 Å². The summed E-state index contributed by atoms with van der Waals surface area (Å²) < 4.78 is 18.8. The molecule has 0 unspecified atom stereocenters. The minimum Gasteiger partial charge on any atom is -0.437 e. The Morgan fingerprint density at radius 2 is 1.25 bits per heavy atom. The molecule has 5 nitrogen and oxygen atoms in total. The van der Waals surface area contributed by atoms with Gasteiger partial charge in [0.1, 0.15) is 0 Å². The molecule has 0 amide bonds. The van der Waals surface area contributed by atoms with E-state index in [2.05, 4.69) is 51.1 Å². The summed E-state index contributed by atoms with van der Waals surface area (Å²) in [5, 5.41) is 3.37. The van der Waals surface area contributed by atoms with Crippen molar-refractivity contribution in [3.63, 3.8) is 0 Å². The molecule has 0 spiro atoms. The molecule has 8 heteroatoms. The zero-order valence-corrected chi connectivity index (χ0v) is 20.2. The number of hydrogen-bond donors (Lipinski definition) is 2. The van der Waals surface area contributed by atoms with Crippen LogP contribution in [-0.4, -0.2) is 58.0 Å². The van der Waals surface area contributed by atoms with Crippen LogP contribution in [0.3, 0.4) is 0 Å². The summed E-state index contributed by atoms with van der Waals surface area (Å²) in [5.41, 5.74) is 5.46. The summed E-state index contributed by atoms with van der Waals surface area (Å²) in [6.07, 6.45) is 3.12. The lowest BCUT2D eigenvalue weighted by Gasteiger charge is -2.38. The van der Waals surface area contributed by atoms with Crippen molar-refractivity contribution >= 4 is 25.2 Å². The third-order valence-corrected chi connectivity index (χ3v) is 12.8. The molecule has 0 fully saturated rings. The molecule has 0 saturated heterocycles. The fourth-order valence-electron chi connectivity index (χ4n) is 2.67. The number of ether oxygens (including phenoxy) is 1. The Hall–Kier alpha value is 0.451. The number of nitrogens with one attached hydrogen (secondary N) is 1. The fourth-order valence-corrected chi connectivity index (χ4v) is 15.2. The predicted molar refractivity (Wildman–Crippen MR) is 112 cm³/mol. The lowest BCUT2D eigenvalue weighted by Crippen LogP contribution is -2.52. The molecule has 0 rings (SSSR count). The number of rotatable bonds is 15. The summed E-state index contributed by atoms with van der Waals surface area (Å²) in [7, 11) is -5.27. The van der Waals surface area contributed by atoms with Gasteiger partial charge in [-0.3, -0.25) is 0 Å². The molecule has 0 radical (unpaired) electrons. The van der Waals surface area contributed by atoms with Crippen molar-refractivity contribution in [2.24, 2.45) is 5.73 Å². The van der Waals surface area contributed by atoms with E-state index >= 15 is 0 Å². The van der Waals surface area contributed by atoms with Crippen LogP contribution in [0.2, 0.25) is 51.9 Å². The molecule has 0 aromatic rings.